The first-order valence-corrected chi connectivity index (χ1v) is 6.16. The Hall–Kier alpha value is -0.343. The summed E-state index contributed by atoms with van der Waals surface area (Å²) in [6.07, 6.45) is 5.48. The van der Waals surface area contributed by atoms with E-state index in [9.17, 15) is 0 Å². The Morgan fingerprint density at radius 1 is 1.43 bits per heavy atom. The SMILES string of the molecule is C=CCCC(CO[SiH3])CC(C)=C(C)C. The Balaban J connectivity index is 4.07. The van der Waals surface area contributed by atoms with Crippen LogP contribution in [-0.2, 0) is 4.43 Å². The molecule has 0 aliphatic heterocycles. The highest BCUT2D eigenvalue weighted by Gasteiger charge is 2.08. The smallest absolute Gasteiger partial charge is 0.145 e. The molecule has 2 heteroatoms. The maximum Gasteiger partial charge on any atom is 0.145 e. The molecule has 82 valence electrons. The molecule has 0 N–H and O–H groups in total. The molecule has 0 fully saturated rings. The lowest BCUT2D eigenvalue weighted by Gasteiger charge is -2.16. The fourth-order valence-electron chi connectivity index (χ4n) is 1.47. The van der Waals surface area contributed by atoms with E-state index in [4.69, 9.17) is 4.43 Å². The summed E-state index contributed by atoms with van der Waals surface area (Å²) in [5.41, 5.74) is 2.96. The molecule has 0 heterocycles. The third kappa shape index (κ3) is 6.16. The zero-order valence-corrected chi connectivity index (χ0v) is 12.1. The summed E-state index contributed by atoms with van der Waals surface area (Å²) in [4.78, 5) is 0. The number of rotatable bonds is 7. The lowest BCUT2D eigenvalue weighted by Crippen LogP contribution is -2.09. The molecule has 1 nitrogen and oxygen atoms in total. The Bertz CT molecular complexity index is 192. The summed E-state index contributed by atoms with van der Waals surface area (Å²) in [5, 5.41) is 0. The van der Waals surface area contributed by atoms with Crippen molar-refractivity contribution in [1.29, 1.82) is 0 Å². The monoisotopic (exact) mass is 212 g/mol. The van der Waals surface area contributed by atoms with Crippen molar-refractivity contribution >= 4 is 10.5 Å². The van der Waals surface area contributed by atoms with E-state index in [0.717, 1.165) is 23.5 Å². The van der Waals surface area contributed by atoms with Gasteiger partial charge in [-0.15, -0.1) is 6.58 Å². The quantitative estimate of drug-likeness (QED) is 0.466. The van der Waals surface area contributed by atoms with Crippen LogP contribution >= 0.6 is 0 Å². The maximum atomic E-state index is 5.36. The highest BCUT2D eigenvalue weighted by atomic mass is 28.2. The number of hydrogen-bond donors (Lipinski definition) is 0. The lowest BCUT2D eigenvalue weighted by molar-refractivity contribution is 0.259. The van der Waals surface area contributed by atoms with E-state index >= 15 is 0 Å². The zero-order chi connectivity index (χ0) is 11.0. The van der Waals surface area contributed by atoms with Gasteiger partial charge in [0.15, 0.2) is 0 Å². The Morgan fingerprint density at radius 3 is 2.50 bits per heavy atom. The summed E-state index contributed by atoms with van der Waals surface area (Å²) >= 11 is 0. The van der Waals surface area contributed by atoms with Crippen molar-refractivity contribution in [2.45, 2.75) is 40.0 Å². The topological polar surface area (TPSA) is 9.23 Å². The fourth-order valence-corrected chi connectivity index (χ4v) is 1.94. The predicted octanol–water partition coefficient (Wildman–Crippen LogP) is 2.61. The highest BCUT2D eigenvalue weighted by molar-refractivity contribution is 5.97. The van der Waals surface area contributed by atoms with Crippen LogP contribution in [0.15, 0.2) is 23.8 Å². The minimum absolute atomic E-state index is 0.681. The van der Waals surface area contributed by atoms with Crippen LogP contribution < -0.4 is 0 Å². The van der Waals surface area contributed by atoms with Crippen LogP contribution in [0.3, 0.4) is 0 Å². The van der Waals surface area contributed by atoms with Gasteiger partial charge in [-0.3, -0.25) is 0 Å². The van der Waals surface area contributed by atoms with Crippen LogP contribution in [0.5, 0.6) is 0 Å². The van der Waals surface area contributed by atoms with Crippen LogP contribution in [0.25, 0.3) is 0 Å². The molecule has 0 aromatic rings. The second-order valence-electron chi connectivity index (χ2n) is 4.17. The third-order valence-electron chi connectivity index (χ3n) is 2.63. The van der Waals surface area contributed by atoms with Crippen LogP contribution in [-0.4, -0.2) is 17.1 Å². The van der Waals surface area contributed by atoms with Gasteiger partial charge in [-0.05, 0) is 46.0 Å². The predicted molar refractivity (Wildman–Crippen MR) is 67.5 cm³/mol. The van der Waals surface area contributed by atoms with E-state index in [0.29, 0.717) is 5.92 Å². The normalized spacial score (nSPS) is 12.5. The van der Waals surface area contributed by atoms with Gasteiger partial charge < -0.3 is 4.43 Å². The van der Waals surface area contributed by atoms with Gasteiger partial charge in [-0.25, -0.2) is 0 Å². The van der Waals surface area contributed by atoms with Gasteiger partial charge in [0.05, 0.1) is 0 Å². The molecular weight excluding hydrogens is 188 g/mol. The molecule has 0 saturated heterocycles. The van der Waals surface area contributed by atoms with Gasteiger partial charge >= 0.3 is 0 Å². The maximum absolute atomic E-state index is 5.36. The molecule has 0 bridgehead atoms. The van der Waals surface area contributed by atoms with Gasteiger partial charge in [-0.1, -0.05) is 17.2 Å². The summed E-state index contributed by atoms with van der Waals surface area (Å²) in [7, 11) is 0.850. The standard InChI is InChI=1S/C12H24OSi/c1-5-6-7-12(9-13-14)8-11(4)10(2)3/h5,12H,1,6-9H2,2-4,14H3. The average Bonchev–Trinajstić information content (AvgIpc) is 2.14. The van der Waals surface area contributed by atoms with Crippen molar-refractivity contribution in [1.82, 2.24) is 0 Å². The van der Waals surface area contributed by atoms with Gasteiger partial charge in [0, 0.05) is 6.61 Å². The minimum Gasteiger partial charge on any atom is -0.428 e. The first kappa shape index (κ1) is 13.7. The molecule has 0 aliphatic carbocycles. The first-order valence-electron chi connectivity index (χ1n) is 5.34. The second-order valence-corrected chi connectivity index (χ2v) is 4.75. The Morgan fingerprint density at radius 2 is 2.07 bits per heavy atom. The van der Waals surface area contributed by atoms with Crippen molar-refractivity contribution < 1.29 is 4.43 Å². The average molecular weight is 212 g/mol. The van der Waals surface area contributed by atoms with Crippen LogP contribution in [0.4, 0.5) is 0 Å². The van der Waals surface area contributed by atoms with Crippen molar-refractivity contribution in [3.05, 3.63) is 23.8 Å². The second kappa shape index (κ2) is 8.01. The molecular formula is C12H24OSi. The molecule has 1 unspecified atom stereocenters. The summed E-state index contributed by atoms with van der Waals surface area (Å²) in [6, 6.07) is 0. The van der Waals surface area contributed by atoms with E-state index in [2.05, 4.69) is 27.4 Å². The van der Waals surface area contributed by atoms with Crippen LogP contribution in [0.2, 0.25) is 0 Å². The van der Waals surface area contributed by atoms with Crippen LogP contribution in [0, 0.1) is 5.92 Å². The molecule has 0 aromatic heterocycles. The van der Waals surface area contributed by atoms with Gasteiger partial charge in [0.25, 0.3) is 0 Å². The zero-order valence-electron chi connectivity index (χ0n) is 10.1. The van der Waals surface area contributed by atoms with E-state index in [1.54, 1.807) is 0 Å². The first-order chi connectivity index (χ1) is 6.61. The molecule has 0 radical (unpaired) electrons. The Labute approximate surface area is 91.8 Å². The molecule has 14 heavy (non-hydrogen) atoms. The van der Waals surface area contributed by atoms with Crippen molar-refractivity contribution in [3.63, 3.8) is 0 Å². The van der Waals surface area contributed by atoms with E-state index < -0.39 is 0 Å². The van der Waals surface area contributed by atoms with Crippen molar-refractivity contribution in [2.75, 3.05) is 6.61 Å². The molecule has 1 atom stereocenters. The summed E-state index contributed by atoms with van der Waals surface area (Å²) < 4.78 is 5.36. The van der Waals surface area contributed by atoms with E-state index in [-0.39, 0.29) is 0 Å². The molecule has 0 aromatic carbocycles. The molecule has 0 saturated carbocycles. The lowest BCUT2D eigenvalue weighted by atomic mass is 9.94. The molecule has 0 spiro atoms. The van der Waals surface area contributed by atoms with E-state index in [1.807, 2.05) is 6.08 Å². The summed E-state index contributed by atoms with van der Waals surface area (Å²) in [5.74, 6) is 0.681. The largest absolute Gasteiger partial charge is 0.428 e. The van der Waals surface area contributed by atoms with Crippen molar-refractivity contribution in [2.24, 2.45) is 5.92 Å². The van der Waals surface area contributed by atoms with Crippen LogP contribution in [0.1, 0.15) is 40.0 Å². The fraction of sp³-hybridized carbons (Fsp3) is 0.667. The van der Waals surface area contributed by atoms with Gasteiger partial charge in [0.1, 0.15) is 10.5 Å². The van der Waals surface area contributed by atoms with E-state index in [1.165, 1.54) is 24.0 Å². The highest BCUT2D eigenvalue weighted by Crippen LogP contribution is 2.19. The molecule has 0 aliphatic rings. The van der Waals surface area contributed by atoms with Gasteiger partial charge in [0.2, 0.25) is 0 Å². The van der Waals surface area contributed by atoms with Crippen molar-refractivity contribution in [3.8, 4) is 0 Å². The Kier molecular flexibility index (Phi) is 7.81. The minimum atomic E-state index is 0.681. The van der Waals surface area contributed by atoms with Gasteiger partial charge in [-0.2, -0.15) is 0 Å². The molecule has 0 rings (SSSR count). The summed E-state index contributed by atoms with van der Waals surface area (Å²) in [6.45, 7) is 11.3. The molecule has 0 amide bonds. The number of hydrogen-bond acceptors (Lipinski definition) is 1. The third-order valence-corrected chi connectivity index (χ3v) is 2.96. The number of allylic oxidation sites excluding steroid dienone is 3.